The standard InChI is InChI=1S/C19H22ClNO3S2/c1-4-24-19(23)17-16(13-7-9-14(20)10-8-13)12(2)26-18(17)21-15(22)6-5-11-25-3/h7-10H,4-6,11H2,1-3H3,(H,21,22). The number of nitrogens with one attached hydrogen (secondary N) is 1. The van der Waals surface area contributed by atoms with Crippen molar-refractivity contribution in [3.8, 4) is 11.1 Å². The summed E-state index contributed by atoms with van der Waals surface area (Å²) in [5.74, 6) is 0.409. The van der Waals surface area contributed by atoms with E-state index in [1.165, 1.54) is 11.3 Å². The molecule has 0 saturated heterocycles. The molecule has 0 fully saturated rings. The van der Waals surface area contributed by atoms with E-state index >= 15 is 0 Å². The number of thiophene rings is 1. The van der Waals surface area contributed by atoms with Crippen molar-refractivity contribution in [3.63, 3.8) is 0 Å². The molecule has 0 radical (unpaired) electrons. The lowest BCUT2D eigenvalue weighted by molar-refractivity contribution is -0.116. The molecule has 1 aromatic heterocycles. The molecule has 0 spiro atoms. The van der Waals surface area contributed by atoms with Gasteiger partial charge in [0.25, 0.3) is 0 Å². The Morgan fingerprint density at radius 3 is 2.58 bits per heavy atom. The topological polar surface area (TPSA) is 55.4 Å². The van der Waals surface area contributed by atoms with Crippen molar-refractivity contribution in [3.05, 3.63) is 39.7 Å². The van der Waals surface area contributed by atoms with E-state index < -0.39 is 5.97 Å². The first-order chi connectivity index (χ1) is 12.5. The zero-order valence-corrected chi connectivity index (χ0v) is 17.4. The molecule has 1 aromatic carbocycles. The fraction of sp³-hybridized carbons (Fsp3) is 0.368. The van der Waals surface area contributed by atoms with Gasteiger partial charge in [-0.15, -0.1) is 11.3 Å². The molecule has 7 heteroatoms. The lowest BCUT2D eigenvalue weighted by Crippen LogP contribution is -2.14. The third-order valence-corrected chi connectivity index (χ3v) is 5.67. The number of carbonyl (C=O) groups is 2. The van der Waals surface area contributed by atoms with Crippen LogP contribution >= 0.6 is 34.7 Å². The third-order valence-electron chi connectivity index (χ3n) is 3.70. The quantitative estimate of drug-likeness (QED) is 0.451. The van der Waals surface area contributed by atoms with Crippen molar-refractivity contribution in [2.75, 3.05) is 23.9 Å². The minimum atomic E-state index is -0.429. The van der Waals surface area contributed by atoms with E-state index in [0.717, 1.165) is 28.2 Å². The molecule has 2 aromatic rings. The molecule has 1 N–H and O–H groups in total. The van der Waals surface area contributed by atoms with Crippen molar-refractivity contribution >= 4 is 51.6 Å². The minimum Gasteiger partial charge on any atom is -0.462 e. The van der Waals surface area contributed by atoms with Gasteiger partial charge in [0.2, 0.25) is 5.91 Å². The molecule has 0 aliphatic heterocycles. The second kappa shape index (κ2) is 10.00. The molecular weight excluding hydrogens is 390 g/mol. The Balaban J connectivity index is 2.39. The average Bonchev–Trinajstić information content (AvgIpc) is 2.92. The second-order valence-electron chi connectivity index (χ2n) is 5.61. The lowest BCUT2D eigenvalue weighted by Gasteiger charge is -2.09. The first-order valence-electron chi connectivity index (χ1n) is 8.33. The molecule has 1 heterocycles. The maximum Gasteiger partial charge on any atom is 0.341 e. The Labute approximate surface area is 167 Å². The van der Waals surface area contributed by atoms with Crippen LogP contribution in [0.1, 0.15) is 35.0 Å². The number of halogens is 1. The first-order valence-corrected chi connectivity index (χ1v) is 10.9. The molecule has 26 heavy (non-hydrogen) atoms. The molecule has 0 unspecified atom stereocenters. The van der Waals surface area contributed by atoms with Crippen molar-refractivity contribution < 1.29 is 14.3 Å². The Morgan fingerprint density at radius 1 is 1.27 bits per heavy atom. The van der Waals surface area contributed by atoms with Crippen LogP contribution in [-0.4, -0.2) is 30.5 Å². The lowest BCUT2D eigenvalue weighted by atomic mass is 10.0. The Bertz CT molecular complexity index is 772. The molecule has 0 saturated carbocycles. The largest absolute Gasteiger partial charge is 0.462 e. The molecule has 0 aliphatic carbocycles. The van der Waals surface area contributed by atoms with E-state index in [4.69, 9.17) is 16.3 Å². The van der Waals surface area contributed by atoms with Gasteiger partial charge in [-0.1, -0.05) is 23.7 Å². The van der Waals surface area contributed by atoms with Gasteiger partial charge in [0, 0.05) is 21.9 Å². The van der Waals surface area contributed by atoms with Gasteiger partial charge >= 0.3 is 5.97 Å². The summed E-state index contributed by atoms with van der Waals surface area (Å²) in [6.07, 6.45) is 3.24. The minimum absolute atomic E-state index is 0.0893. The summed E-state index contributed by atoms with van der Waals surface area (Å²) in [5.41, 5.74) is 2.06. The van der Waals surface area contributed by atoms with Gasteiger partial charge in [0.1, 0.15) is 10.6 Å². The van der Waals surface area contributed by atoms with Gasteiger partial charge in [0.05, 0.1) is 6.61 Å². The summed E-state index contributed by atoms with van der Waals surface area (Å²) in [4.78, 5) is 25.8. The van der Waals surface area contributed by atoms with E-state index in [1.54, 1.807) is 30.8 Å². The fourth-order valence-corrected chi connectivity index (χ4v) is 4.20. The zero-order chi connectivity index (χ0) is 19.1. The van der Waals surface area contributed by atoms with Gasteiger partial charge < -0.3 is 10.1 Å². The number of carbonyl (C=O) groups excluding carboxylic acids is 2. The van der Waals surface area contributed by atoms with Crippen molar-refractivity contribution in [2.45, 2.75) is 26.7 Å². The summed E-state index contributed by atoms with van der Waals surface area (Å²) in [6.45, 7) is 3.97. The van der Waals surface area contributed by atoms with Crippen LogP contribution in [0.15, 0.2) is 24.3 Å². The van der Waals surface area contributed by atoms with Crippen LogP contribution in [-0.2, 0) is 9.53 Å². The smallest absolute Gasteiger partial charge is 0.341 e. The number of amides is 1. The number of thioether (sulfide) groups is 1. The molecule has 1 amide bonds. The number of anilines is 1. The molecule has 4 nitrogen and oxygen atoms in total. The van der Waals surface area contributed by atoms with Crippen molar-refractivity contribution in [2.24, 2.45) is 0 Å². The summed E-state index contributed by atoms with van der Waals surface area (Å²) < 4.78 is 5.23. The maximum atomic E-state index is 12.6. The predicted molar refractivity (Wildman–Crippen MR) is 112 cm³/mol. The number of rotatable bonds is 8. The maximum absolute atomic E-state index is 12.6. The van der Waals surface area contributed by atoms with Crippen molar-refractivity contribution in [1.82, 2.24) is 0 Å². The molecule has 0 atom stereocenters. The number of hydrogen-bond donors (Lipinski definition) is 1. The highest BCUT2D eigenvalue weighted by Gasteiger charge is 2.25. The zero-order valence-electron chi connectivity index (χ0n) is 15.1. The van der Waals surface area contributed by atoms with Gasteiger partial charge in [-0.3, -0.25) is 4.79 Å². The van der Waals surface area contributed by atoms with Crippen LogP contribution in [0, 0.1) is 6.92 Å². The summed E-state index contributed by atoms with van der Waals surface area (Å²) >= 11 is 9.08. The second-order valence-corrected chi connectivity index (χ2v) is 8.26. The van der Waals surface area contributed by atoms with Crippen LogP contribution < -0.4 is 5.32 Å². The Kier molecular flexibility index (Phi) is 8.00. The van der Waals surface area contributed by atoms with Gasteiger partial charge in [-0.05, 0) is 50.0 Å². The highest BCUT2D eigenvalue weighted by Crippen LogP contribution is 2.40. The van der Waals surface area contributed by atoms with E-state index in [0.29, 0.717) is 22.0 Å². The molecule has 0 bridgehead atoms. The van der Waals surface area contributed by atoms with E-state index in [2.05, 4.69) is 5.32 Å². The van der Waals surface area contributed by atoms with Crippen LogP contribution in [0.5, 0.6) is 0 Å². The van der Waals surface area contributed by atoms with Gasteiger partial charge in [-0.2, -0.15) is 11.8 Å². The SMILES string of the molecule is CCOC(=O)c1c(NC(=O)CCCSC)sc(C)c1-c1ccc(Cl)cc1. The van der Waals surface area contributed by atoms with Crippen LogP contribution in [0.3, 0.4) is 0 Å². The number of aryl methyl sites for hydroxylation is 1. The monoisotopic (exact) mass is 411 g/mol. The number of ether oxygens (including phenoxy) is 1. The van der Waals surface area contributed by atoms with Gasteiger partial charge in [0.15, 0.2) is 0 Å². The average molecular weight is 412 g/mol. The summed E-state index contributed by atoms with van der Waals surface area (Å²) in [7, 11) is 0. The van der Waals surface area contributed by atoms with Crippen LogP contribution in [0.4, 0.5) is 5.00 Å². The fourth-order valence-electron chi connectivity index (χ4n) is 2.56. The Morgan fingerprint density at radius 2 is 1.96 bits per heavy atom. The number of benzene rings is 1. The Hall–Kier alpha value is -1.50. The van der Waals surface area contributed by atoms with Gasteiger partial charge in [-0.25, -0.2) is 4.79 Å². The normalized spacial score (nSPS) is 10.6. The predicted octanol–water partition coefficient (Wildman–Crippen LogP) is 5.64. The van der Waals surface area contributed by atoms with E-state index in [9.17, 15) is 9.59 Å². The highest BCUT2D eigenvalue weighted by molar-refractivity contribution is 7.98. The molecule has 0 aliphatic rings. The highest BCUT2D eigenvalue weighted by atomic mass is 35.5. The number of esters is 1. The molecular formula is C19H22ClNO3S2. The van der Waals surface area contributed by atoms with Crippen LogP contribution in [0.2, 0.25) is 5.02 Å². The van der Waals surface area contributed by atoms with E-state index in [1.807, 2.05) is 25.3 Å². The molecule has 2 rings (SSSR count). The molecule has 140 valence electrons. The number of hydrogen-bond acceptors (Lipinski definition) is 5. The van der Waals surface area contributed by atoms with Crippen molar-refractivity contribution in [1.29, 1.82) is 0 Å². The third kappa shape index (κ3) is 5.25. The van der Waals surface area contributed by atoms with Crippen LogP contribution in [0.25, 0.3) is 11.1 Å². The summed E-state index contributed by atoms with van der Waals surface area (Å²) in [5, 5.41) is 4.06. The van der Waals surface area contributed by atoms with E-state index in [-0.39, 0.29) is 12.5 Å². The first kappa shape index (κ1) is 20.8. The summed E-state index contributed by atoms with van der Waals surface area (Å²) in [6, 6.07) is 7.29.